The Morgan fingerprint density at radius 1 is 1.36 bits per heavy atom. The van der Waals surface area contributed by atoms with E-state index in [1.807, 2.05) is 0 Å². The molecule has 1 atom stereocenters. The minimum Gasteiger partial charge on any atom is -0.357 e. The SMILES string of the molecule is COC(NC=O)c1cc(Cl)cc(Cl)c1. The van der Waals surface area contributed by atoms with Crippen LogP contribution in [0.2, 0.25) is 10.0 Å². The van der Waals surface area contributed by atoms with Gasteiger partial charge >= 0.3 is 0 Å². The smallest absolute Gasteiger partial charge is 0.209 e. The van der Waals surface area contributed by atoms with E-state index >= 15 is 0 Å². The summed E-state index contributed by atoms with van der Waals surface area (Å²) in [7, 11) is 1.48. The average molecular weight is 234 g/mol. The van der Waals surface area contributed by atoms with Crippen molar-refractivity contribution < 1.29 is 9.53 Å². The van der Waals surface area contributed by atoms with Gasteiger partial charge in [0.05, 0.1) is 0 Å². The Morgan fingerprint density at radius 2 is 1.93 bits per heavy atom. The van der Waals surface area contributed by atoms with E-state index < -0.39 is 6.23 Å². The molecule has 1 amide bonds. The first kappa shape index (κ1) is 11.3. The number of rotatable bonds is 4. The van der Waals surface area contributed by atoms with Crippen LogP contribution in [0.1, 0.15) is 11.8 Å². The number of nitrogens with one attached hydrogen (secondary N) is 1. The topological polar surface area (TPSA) is 38.3 Å². The van der Waals surface area contributed by atoms with Crippen LogP contribution in [0.15, 0.2) is 18.2 Å². The maximum Gasteiger partial charge on any atom is 0.209 e. The Hall–Kier alpha value is -0.770. The molecule has 0 aromatic heterocycles. The van der Waals surface area contributed by atoms with Crippen molar-refractivity contribution in [2.75, 3.05) is 7.11 Å². The summed E-state index contributed by atoms with van der Waals surface area (Å²) in [5.41, 5.74) is 0.706. The van der Waals surface area contributed by atoms with Crippen LogP contribution < -0.4 is 5.32 Å². The van der Waals surface area contributed by atoms with E-state index in [0.717, 1.165) is 0 Å². The second kappa shape index (κ2) is 5.20. The van der Waals surface area contributed by atoms with E-state index in [1.54, 1.807) is 18.2 Å². The van der Waals surface area contributed by atoms with Gasteiger partial charge in [0, 0.05) is 22.7 Å². The summed E-state index contributed by atoms with van der Waals surface area (Å²) in [5, 5.41) is 3.49. The van der Waals surface area contributed by atoms with Gasteiger partial charge < -0.3 is 10.1 Å². The molecule has 5 heteroatoms. The Bertz CT molecular complexity index is 310. The van der Waals surface area contributed by atoms with Crippen molar-refractivity contribution in [3.05, 3.63) is 33.8 Å². The monoisotopic (exact) mass is 233 g/mol. The predicted octanol–water partition coefficient (Wildman–Crippen LogP) is 2.38. The van der Waals surface area contributed by atoms with Gasteiger partial charge in [0.15, 0.2) is 6.23 Å². The molecule has 3 nitrogen and oxygen atoms in total. The second-order valence-corrected chi connectivity index (χ2v) is 3.48. The normalized spacial score (nSPS) is 12.2. The molecule has 1 aromatic rings. The first-order valence-corrected chi connectivity index (χ1v) is 4.61. The van der Waals surface area contributed by atoms with Gasteiger partial charge in [-0.1, -0.05) is 23.2 Å². The summed E-state index contributed by atoms with van der Waals surface area (Å²) in [5.74, 6) is 0. The van der Waals surface area contributed by atoms with E-state index in [4.69, 9.17) is 27.9 Å². The first-order valence-electron chi connectivity index (χ1n) is 3.86. The van der Waals surface area contributed by atoms with Crippen LogP contribution in [-0.4, -0.2) is 13.5 Å². The van der Waals surface area contributed by atoms with Gasteiger partial charge in [-0.05, 0) is 18.2 Å². The van der Waals surface area contributed by atoms with Crippen LogP contribution >= 0.6 is 23.2 Å². The third-order valence-corrected chi connectivity index (χ3v) is 2.08. The molecule has 0 saturated heterocycles. The molecule has 1 aromatic carbocycles. The van der Waals surface area contributed by atoms with Crippen molar-refractivity contribution in [1.82, 2.24) is 5.32 Å². The van der Waals surface area contributed by atoms with Crippen molar-refractivity contribution in [2.45, 2.75) is 6.23 Å². The molecular formula is C9H9Cl2NO2. The van der Waals surface area contributed by atoms with Crippen molar-refractivity contribution >= 4 is 29.6 Å². The number of carbonyl (C=O) groups excluding carboxylic acids is 1. The lowest BCUT2D eigenvalue weighted by atomic mass is 10.2. The van der Waals surface area contributed by atoms with Crippen LogP contribution in [0.5, 0.6) is 0 Å². The van der Waals surface area contributed by atoms with E-state index in [0.29, 0.717) is 22.0 Å². The minimum atomic E-state index is -0.524. The van der Waals surface area contributed by atoms with Crippen molar-refractivity contribution in [2.24, 2.45) is 0 Å². The highest BCUT2D eigenvalue weighted by Gasteiger charge is 2.10. The summed E-state index contributed by atoms with van der Waals surface area (Å²) in [6.45, 7) is 0. The van der Waals surface area contributed by atoms with E-state index in [1.165, 1.54) is 7.11 Å². The molecule has 0 radical (unpaired) electrons. The summed E-state index contributed by atoms with van der Waals surface area (Å²) in [4.78, 5) is 10.3. The summed E-state index contributed by atoms with van der Waals surface area (Å²) < 4.78 is 5.03. The van der Waals surface area contributed by atoms with Crippen LogP contribution in [0.25, 0.3) is 0 Å². The minimum absolute atomic E-state index is 0.502. The molecule has 0 saturated carbocycles. The molecule has 1 N–H and O–H groups in total. The van der Waals surface area contributed by atoms with Gasteiger partial charge in [-0.3, -0.25) is 4.79 Å². The largest absolute Gasteiger partial charge is 0.357 e. The van der Waals surface area contributed by atoms with Crippen LogP contribution in [0.4, 0.5) is 0 Å². The van der Waals surface area contributed by atoms with E-state index in [-0.39, 0.29) is 0 Å². The molecule has 0 heterocycles. The zero-order valence-corrected chi connectivity index (χ0v) is 8.97. The molecule has 0 aliphatic heterocycles. The molecule has 76 valence electrons. The lowest BCUT2D eigenvalue weighted by molar-refractivity contribution is -0.113. The van der Waals surface area contributed by atoms with Crippen LogP contribution in [0, 0.1) is 0 Å². The molecule has 1 rings (SSSR count). The number of amides is 1. The second-order valence-electron chi connectivity index (χ2n) is 2.60. The lowest BCUT2D eigenvalue weighted by Gasteiger charge is -2.14. The number of ether oxygens (including phenoxy) is 1. The van der Waals surface area contributed by atoms with E-state index in [9.17, 15) is 4.79 Å². The summed E-state index contributed by atoms with van der Waals surface area (Å²) >= 11 is 11.6. The fraction of sp³-hybridized carbons (Fsp3) is 0.222. The number of hydrogen-bond acceptors (Lipinski definition) is 2. The third-order valence-electron chi connectivity index (χ3n) is 1.64. The molecular weight excluding hydrogens is 225 g/mol. The van der Waals surface area contributed by atoms with Gasteiger partial charge in [-0.2, -0.15) is 0 Å². The van der Waals surface area contributed by atoms with Crippen molar-refractivity contribution in [3.63, 3.8) is 0 Å². The number of hydrogen-bond donors (Lipinski definition) is 1. The van der Waals surface area contributed by atoms with Crippen LogP contribution in [0.3, 0.4) is 0 Å². The summed E-state index contributed by atoms with van der Waals surface area (Å²) in [6, 6.07) is 4.97. The maximum atomic E-state index is 10.3. The van der Waals surface area contributed by atoms with Gasteiger partial charge in [0.25, 0.3) is 0 Å². The van der Waals surface area contributed by atoms with Crippen molar-refractivity contribution in [3.8, 4) is 0 Å². The Labute approximate surface area is 92.0 Å². The highest BCUT2D eigenvalue weighted by molar-refractivity contribution is 6.34. The van der Waals surface area contributed by atoms with Gasteiger partial charge in [-0.15, -0.1) is 0 Å². The molecule has 1 unspecified atom stereocenters. The quantitative estimate of drug-likeness (QED) is 0.641. The Kier molecular flexibility index (Phi) is 4.20. The number of methoxy groups -OCH3 is 1. The van der Waals surface area contributed by atoms with E-state index in [2.05, 4.69) is 5.32 Å². The Balaban J connectivity index is 2.96. The fourth-order valence-electron chi connectivity index (χ4n) is 1.09. The number of carbonyl (C=O) groups is 1. The third kappa shape index (κ3) is 2.87. The number of benzene rings is 1. The Morgan fingerprint density at radius 3 is 2.36 bits per heavy atom. The molecule has 0 aliphatic rings. The molecule has 0 fully saturated rings. The molecule has 0 aliphatic carbocycles. The zero-order valence-electron chi connectivity index (χ0n) is 7.46. The van der Waals surface area contributed by atoms with Crippen LogP contribution in [-0.2, 0) is 9.53 Å². The molecule has 0 bridgehead atoms. The molecule has 0 spiro atoms. The van der Waals surface area contributed by atoms with Crippen molar-refractivity contribution in [1.29, 1.82) is 0 Å². The predicted molar refractivity (Wildman–Crippen MR) is 55.4 cm³/mol. The molecule has 14 heavy (non-hydrogen) atoms. The maximum absolute atomic E-state index is 10.3. The highest BCUT2D eigenvalue weighted by atomic mass is 35.5. The first-order chi connectivity index (χ1) is 6.67. The lowest BCUT2D eigenvalue weighted by Crippen LogP contribution is -2.20. The highest BCUT2D eigenvalue weighted by Crippen LogP contribution is 2.23. The van der Waals surface area contributed by atoms with Gasteiger partial charge in [0.2, 0.25) is 6.41 Å². The summed E-state index contributed by atoms with van der Waals surface area (Å²) in [6.07, 6.45) is 0.0342. The fourth-order valence-corrected chi connectivity index (χ4v) is 1.63. The standard InChI is InChI=1S/C9H9Cl2NO2/c1-14-9(12-5-13)6-2-7(10)4-8(11)3-6/h2-5,9H,1H3,(H,12,13). The zero-order chi connectivity index (χ0) is 10.6. The van der Waals surface area contributed by atoms with Gasteiger partial charge in [-0.25, -0.2) is 0 Å². The van der Waals surface area contributed by atoms with Gasteiger partial charge in [0.1, 0.15) is 0 Å². The number of halogens is 2. The average Bonchev–Trinajstić information content (AvgIpc) is 2.12.